The van der Waals surface area contributed by atoms with E-state index in [4.69, 9.17) is 4.74 Å². The predicted molar refractivity (Wildman–Crippen MR) is 163 cm³/mol. The van der Waals surface area contributed by atoms with Crippen LogP contribution in [0.15, 0.2) is 53.4 Å². The van der Waals surface area contributed by atoms with Crippen molar-refractivity contribution in [3.63, 3.8) is 0 Å². The molecule has 0 amide bonds. The maximum Gasteiger partial charge on any atom is 0.295 e. The van der Waals surface area contributed by atoms with Crippen LogP contribution in [-0.4, -0.2) is 50.6 Å². The number of ether oxygens (including phenoxy) is 1. The van der Waals surface area contributed by atoms with Gasteiger partial charge in [0.15, 0.2) is 21.3 Å². The largest absolute Gasteiger partial charge is 0.358 e. The number of benzene rings is 1. The first-order chi connectivity index (χ1) is 21.5. The lowest BCUT2D eigenvalue weighted by Crippen LogP contribution is -2.20. The minimum Gasteiger partial charge on any atom is -0.358 e. The van der Waals surface area contributed by atoms with Gasteiger partial charge >= 0.3 is 0 Å². The molecule has 0 saturated carbocycles. The molecular weight excluding hydrogens is 604 g/mol. The fraction of sp³-hybridized carbons (Fsp3) is 0.300. The van der Waals surface area contributed by atoms with Crippen molar-refractivity contribution in [2.45, 2.75) is 43.7 Å². The first kappa shape index (κ1) is 30.1. The number of hydrogen-bond donors (Lipinski definition) is 2. The molecule has 4 aromatic heterocycles. The number of halogens is 2. The van der Waals surface area contributed by atoms with E-state index in [0.29, 0.717) is 30.1 Å². The van der Waals surface area contributed by atoms with E-state index in [1.165, 1.54) is 16.7 Å². The van der Waals surface area contributed by atoms with Gasteiger partial charge in [0.05, 0.1) is 22.0 Å². The molecule has 5 heterocycles. The zero-order valence-corrected chi connectivity index (χ0v) is 25.4. The smallest absolute Gasteiger partial charge is 0.295 e. The summed E-state index contributed by atoms with van der Waals surface area (Å²) in [6.45, 7) is 2.29. The van der Waals surface area contributed by atoms with E-state index in [0.717, 1.165) is 24.8 Å². The van der Waals surface area contributed by atoms with Crippen molar-refractivity contribution >= 4 is 44.0 Å². The topological polar surface area (TPSA) is 153 Å². The fourth-order valence-electron chi connectivity index (χ4n) is 5.24. The molecule has 1 unspecified atom stereocenters. The van der Waals surface area contributed by atoms with E-state index in [9.17, 15) is 22.5 Å². The summed E-state index contributed by atoms with van der Waals surface area (Å²) in [5, 5.41) is 19.9. The third kappa shape index (κ3) is 6.06. The van der Waals surface area contributed by atoms with Crippen LogP contribution in [0.1, 0.15) is 49.1 Å². The van der Waals surface area contributed by atoms with E-state index in [-0.39, 0.29) is 38.9 Å². The van der Waals surface area contributed by atoms with Crippen LogP contribution in [0.3, 0.4) is 0 Å². The predicted octanol–water partition coefficient (Wildman–Crippen LogP) is 5.93. The zero-order chi connectivity index (χ0) is 31.9. The second kappa shape index (κ2) is 11.9. The molecule has 1 aliphatic heterocycles. The van der Waals surface area contributed by atoms with Gasteiger partial charge in [-0.25, -0.2) is 32.2 Å². The molecule has 1 saturated heterocycles. The van der Waals surface area contributed by atoms with Gasteiger partial charge in [-0.15, -0.1) is 0 Å². The lowest BCUT2D eigenvalue weighted by Gasteiger charge is -2.25. The number of nitriles is 1. The molecule has 1 fully saturated rings. The van der Waals surface area contributed by atoms with Crippen LogP contribution in [-0.2, 0) is 21.6 Å². The maximum absolute atomic E-state index is 14.4. The highest BCUT2D eigenvalue weighted by Gasteiger charge is 2.29. The van der Waals surface area contributed by atoms with Crippen LogP contribution in [0.4, 0.5) is 31.8 Å². The molecule has 232 valence electrons. The van der Waals surface area contributed by atoms with Crippen molar-refractivity contribution in [2.75, 3.05) is 23.5 Å². The lowest BCUT2D eigenvalue weighted by molar-refractivity contribution is -0.0363. The van der Waals surface area contributed by atoms with Crippen molar-refractivity contribution in [1.29, 1.82) is 5.26 Å². The Hall–Kier alpha value is -4.94. The number of hydrogen-bond acceptors (Lipinski definition) is 10. The van der Waals surface area contributed by atoms with Crippen molar-refractivity contribution in [1.82, 2.24) is 29.3 Å². The highest BCUT2D eigenvalue weighted by Crippen LogP contribution is 2.38. The Morgan fingerprint density at radius 1 is 1.04 bits per heavy atom. The number of sulfone groups is 1. The van der Waals surface area contributed by atoms with Crippen LogP contribution in [0, 0.1) is 18.3 Å². The van der Waals surface area contributed by atoms with Gasteiger partial charge in [-0.2, -0.15) is 10.4 Å². The molecule has 15 heteroatoms. The minimum atomic E-state index is -3.78. The summed E-state index contributed by atoms with van der Waals surface area (Å²) in [5.41, 5.74) is 2.91. The molecule has 5 aromatic rings. The molecule has 1 aliphatic rings. The number of imidazole rings is 1. The van der Waals surface area contributed by atoms with Crippen LogP contribution >= 0.6 is 0 Å². The lowest BCUT2D eigenvalue weighted by atomic mass is 10.1. The molecule has 0 aliphatic carbocycles. The van der Waals surface area contributed by atoms with E-state index < -0.39 is 28.3 Å². The zero-order valence-electron chi connectivity index (χ0n) is 24.6. The van der Waals surface area contributed by atoms with Gasteiger partial charge in [0.25, 0.3) is 6.43 Å². The summed E-state index contributed by atoms with van der Waals surface area (Å²) in [5.74, 6) is -0.0157. The van der Waals surface area contributed by atoms with Gasteiger partial charge in [-0.05, 0) is 56.5 Å². The van der Waals surface area contributed by atoms with Gasteiger partial charge in [-0.3, -0.25) is 9.25 Å². The third-order valence-corrected chi connectivity index (χ3v) is 8.63. The number of aryl methyl sites for hydroxylation is 2. The number of pyridine rings is 2. The Bertz CT molecular complexity index is 2040. The number of alkyl halides is 2. The second-order valence-corrected chi connectivity index (χ2v) is 12.7. The second-order valence-electron chi connectivity index (χ2n) is 10.7. The molecule has 6 rings (SSSR count). The van der Waals surface area contributed by atoms with Crippen molar-refractivity contribution < 1.29 is 21.9 Å². The summed E-state index contributed by atoms with van der Waals surface area (Å²) in [6, 6.07) is 15.0. The third-order valence-electron chi connectivity index (χ3n) is 7.49. The van der Waals surface area contributed by atoms with Crippen LogP contribution in [0.2, 0.25) is 0 Å². The van der Waals surface area contributed by atoms with E-state index >= 15 is 0 Å². The standard InChI is InChI=1S/C30H29F2N9O3S/c1-17-13-21(39-40(17)2)18-10-11-20(23(14-18)45(3,42)43)35-22-15-25(36-24-8-6-7-19(16-33)34-24)37-29-27(22)38-30(28(31)32)41(29)26-9-4-5-12-44-26/h6-8,10-11,13-15,26,28H,4-5,9,12H2,1-3H3,(H2,34,35,36,37). The summed E-state index contributed by atoms with van der Waals surface area (Å²) < 4.78 is 63.8. The summed E-state index contributed by atoms with van der Waals surface area (Å²) in [4.78, 5) is 13.1. The number of aromatic nitrogens is 6. The van der Waals surface area contributed by atoms with Crippen LogP contribution in [0.25, 0.3) is 22.4 Å². The molecule has 0 bridgehead atoms. The van der Waals surface area contributed by atoms with Crippen molar-refractivity contribution in [3.8, 4) is 17.3 Å². The molecule has 0 radical (unpaired) electrons. The van der Waals surface area contributed by atoms with E-state index in [1.54, 1.807) is 42.1 Å². The Kier molecular flexibility index (Phi) is 7.94. The minimum absolute atomic E-state index is 0.0182. The van der Waals surface area contributed by atoms with Gasteiger partial charge in [0.1, 0.15) is 35.1 Å². The average molecular weight is 634 g/mol. The molecular formula is C30H29F2N9O3S. The quantitative estimate of drug-likeness (QED) is 0.210. The van der Waals surface area contributed by atoms with E-state index in [1.807, 2.05) is 19.1 Å². The number of fused-ring (bicyclic) bond motifs is 1. The Morgan fingerprint density at radius 3 is 2.53 bits per heavy atom. The number of anilines is 4. The number of rotatable bonds is 8. The highest BCUT2D eigenvalue weighted by molar-refractivity contribution is 7.90. The SMILES string of the molecule is Cc1cc(-c2ccc(Nc3cc(Nc4cccc(C#N)n4)nc4c3nc(C(F)F)n4C3CCCCO3)c(S(C)(=O)=O)c2)nn1C. The van der Waals surface area contributed by atoms with E-state index in [2.05, 4.69) is 30.7 Å². The van der Waals surface area contributed by atoms with Gasteiger partial charge in [0.2, 0.25) is 0 Å². The van der Waals surface area contributed by atoms with Gasteiger partial charge < -0.3 is 15.4 Å². The number of nitrogens with zero attached hydrogens (tertiary/aromatic N) is 7. The summed E-state index contributed by atoms with van der Waals surface area (Å²) in [6.07, 6.45) is -0.476. The molecule has 1 aromatic carbocycles. The molecule has 0 spiro atoms. The first-order valence-corrected chi connectivity index (χ1v) is 16.0. The summed E-state index contributed by atoms with van der Waals surface area (Å²) >= 11 is 0. The van der Waals surface area contributed by atoms with Crippen molar-refractivity contribution in [2.24, 2.45) is 7.05 Å². The Morgan fingerprint density at radius 2 is 1.87 bits per heavy atom. The average Bonchev–Trinajstić information content (AvgIpc) is 3.57. The van der Waals surface area contributed by atoms with Crippen molar-refractivity contribution in [3.05, 3.63) is 65.7 Å². The molecule has 1 atom stereocenters. The maximum atomic E-state index is 14.4. The fourth-order valence-corrected chi connectivity index (χ4v) is 6.10. The molecule has 45 heavy (non-hydrogen) atoms. The number of nitrogens with one attached hydrogen (secondary N) is 2. The van der Waals surface area contributed by atoms with Gasteiger partial charge in [0, 0.05) is 37.2 Å². The van der Waals surface area contributed by atoms with Crippen LogP contribution in [0.5, 0.6) is 0 Å². The molecule has 12 nitrogen and oxygen atoms in total. The Labute approximate surface area is 257 Å². The summed E-state index contributed by atoms with van der Waals surface area (Å²) in [7, 11) is -1.98. The van der Waals surface area contributed by atoms with Gasteiger partial charge in [-0.1, -0.05) is 12.1 Å². The molecule has 2 N–H and O–H groups in total. The monoisotopic (exact) mass is 633 g/mol. The highest BCUT2D eigenvalue weighted by atomic mass is 32.2. The normalized spacial score (nSPS) is 15.4. The van der Waals surface area contributed by atoms with Crippen LogP contribution < -0.4 is 10.6 Å². The first-order valence-electron chi connectivity index (χ1n) is 14.1. The Balaban J connectivity index is 1.52.